The summed E-state index contributed by atoms with van der Waals surface area (Å²) < 4.78 is 45.8. The molecule has 2 rings (SSSR count). The van der Waals surface area contributed by atoms with Crippen LogP contribution in [0.5, 0.6) is 5.75 Å². The molecule has 0 bridgehead atoms. The predicted molar refractivity (Wildman–Crippen MR) is 76.1 cm³/mol. The van der Waals surface area contributed by atoms with Gasteiger partial charge in [-0.05, 0) is 40.5 Å². The molecule has 0 amide bonds. The molecule has 114 valence electrons. The molecule has 3 nitrogen and oxygen atoms in total. The number of ether oxygens (including phenoxy) is 1. The normalized spacial score (nSPS) is 11.7. The Morgan fingerprint density at radius 1 is 1.33 bits per heavy atom. The predicted octanol–water partition coefficient (Wildman–Crippen LogP) is 4.34. The smallest absolute Gasteiger partial charge is 0.416 e. The fraction of sp³-hybridized carbons (Fsp3) is 0.357. The molecule has 0 saturated heterocycles. The van der Waals surface area contributed by atoms with Gasteiger partial charge in [0.15, 0.2) is 0 Å². The third-order valence-electron chi connectivity index (χ3n) is 3.04. The van der Waals surface area contributed by atoms with E-state index in [2.05, 4.69) is 21.0 Å². The van der Waals surface area contributed by atoms with Gasteiger partial charge >= 0.3 is 6.18 Å². The van der Waals surface area contributed by atoms with Gasteiger partial charge in [-0.3, -0.25) is 4.68 Å². The monoisotopic (exact) mass is 362 g/mol. The van der Waals surface area contributed by atoms with E-state index in [-0.39, 0.29) is 12.4 Å². The van der Waals surface area contributed by atoms with Crippen LogP contribution in [0.25, 0.3) is 0 Å². The van der Waals surface area contributed by atoms with Crippen LogP contribution in [0.4, 0.5) is 13.2 Å². The summed E-state index contributed by atoms with van der Waals surface area (Å²) >= 11 is 3.44. The number of nitrogens with zero attached hydrogens (tertiary/aromatic N) is 2. The Labute approximate surface area is 128 Å². The number of hydrogen-bond acceptors (Lipinski definition) is 2. The molecule has 2 aromatic rings. The number of halogens is 4. The van der Waals surface area contributed by atoms with Crippen molar-refractivity contribution < 1.29 is 17.9 Å². The van der Waals surface area contributed by atoms with Crippen LogP contribution in [0.3, 0.4) is 0 Å². The molecule has 0 N–H and O–H groups in total. The van der Waals surface area contributed by atoms with Gasteiger partial charge in [-0.25, -0.2) is 0 Å². The van der Waals surface area contributed by atoms with Crippen LogP contribution in [0.1, 0.15) is 23.9 Å². The standard InChI is InChI=1S/C14H14BrF3N2O/c1-3-11-13(15)12(20(2)19-11)8-21-10-6-4-5-9(7-10)14(16,17)18/h4-7H,3,8H2,1-2H3. The van der Waals surface area contributed by atoms with Crippen LogP contribution in [0.2, 0.25) is 0 Å². The van der Waals surface area contributed by atoms with Gasteiger partial charge in [-0.1, -0.05) is 13.0 Å². The average molecular weight is 363 g/mol. The van der Waals surface area contributed by atoms with Gasteiger partial charge < -0.3 is 4.74 Å². The van der Waals surface area contributed by atoms with Gasteiger partial charge in [0.2, 0.25) is 0 Å². The zero-order chi connectivity index (χ0) is 15.6. The maximum Gasteiger partial charge on any atom is 0.416 e. The van der Waals surface area contributed by atoms with Crippen molar-refractivity contribution in [3.8, 4) is 5.75 Å². The van der Waals surface area contributed by atoms with Crippen LogP contribution >= 0.6 is 15.9 Å². The molecule has 7 heteroatoms. The molecule has 0 saturated carbocycles. The highest BCUT2D eigenvalue weighted by Gasteiger charge is 2.30. The molecule has 1 aromatic heterocycles. The SMILES string of the molecule is CCc1nn(C)c(COc2cccc(C(F)(F)F)c2)c1Br. The van der Waals surface area contributed by atoms with E-state index in [1.54, 1.807) is 11.7 Å². The van der Waals surface area contributed by atoms with E-state index < -0.39 is 11.7 Å². The summed E-state index contributed by atoms with van der Waals surface area (Å²) in [4.78, 5) is 0. The van der Waals surface area contributed by atoms with Crippen molar-refractivity contribution in [1.29, 1.82) is 0 Å². The van der Waals surface area contributed by atoms with Crippen molar-refractivity contribution in [2.75, 3.05) is 0 Å². The van der Waals surface area contributed by atoms with Crippen LogP contribution < -0.4 is 4.74 Å². The first-order valence-corrected chi connectivity index (χ1v) is 7.12. The van der Waals surface area contributed by atoms with Crippen molar-refractivity contribution >= 4 is 15.9 Å². The lowest BCUT2D eigenvalue weighted by Gasteiger charge is -2.10. The van der Waals surface area contributed by atoms with E-state index in [4.69, 9.17) is 4.74 Å². The molecule has 0 unspecified atom stereocenters. The van der Waals surface area contributed by atoms with Crippen molar-refractivity contribution in [3.63, 3.8) is 0 Å². The first-order chi connectivity index (χ1) is 9.82. The van der Waals surface area contributed by atoms with Crippen LogP contribution in [-0.4, -0.2) is 9.78 Å². The second kappa shape index (κ2) is 6.09. The fourth-order valence-corrected chi connectivity index (χ4v) is 2.62. The summed E-state index contributed by atoms with van der Waals surface area (Å²) in [6.45, 7) is 2.12. The van der Waals surface area contributed by atoms with Crippen molar-refractivity contribution in [1.82, 2.24) is 9.78 Å². The Kier molecular flexibility index (Phi) is 4.61. The van der Waals surface area contributed by atoms with Gasteiger partial charge in [-0.15, -0.1) is 0 Å². The molecule has 21 heavy (non-hydrogen) atoms. The molecule has 0 radical (unpaired) electrons. The second-order valence-corrected chi connectivity index (χ2v) is 5.29. The zero-order valence-corrected chi connectivity index (χ0v) is 13.1. The number of alkyl halides is 3. The number of rotatable bonds is 4. The Morgan fingerprint density at radius 2 is 2.05 bits per heavy atom. The molecule has 0 aliphatic rings. The first-order valence-electron chi connectivity index (χ1n) is 6.33. The van der Waals surface area contributed by atoms with Gasteiger partial charge in [0, 0.05) is 7.05 Å². The number of aromatic nitrogens is 2. The molecule has 0 aliphatic carbocycles. The van der Waals surface area contributed by atoms with E-state index in [1.807, 2.05) is 6.92 Å². The van der Waals surface area contributed by atoms with E-state index in [1.165, 1.54) is 12.1 Å². The first kappa shape index (κ1) is 15.9. The lowest BCUT2D eigenvalue weighted by Crippen LogP contribution is -2.06. The Hall–Kier alpha value is -1.50. The molecular weight excluding hydrogens is 349 g/mol. The summed E-state index contributed by atoms with van der Waals surface area (Å²) in [6, 6.07) is 4.83. The summed E-state index contributed by atoms with van der Waals surface area (Å²) in [5, 5.41) is 4.31. The Bertz CT molecular complexity index is 638. The van der Waals surface area contributed by atoms with Crippen LogP contribution in [0, 0.1) is 0 Å². The molecule has 0 atom stereocenters. The minimum absolute atomic E-state index is 0.144. The second-order valence-electron chi connectivity index (χ2n) is 4.50. The van der Waals surface area contributed by atoms with E-state index in [0.717, 1.165) is 34.4 Å². The summed E-state index contributed by atoms with van der Waals surface area (Å²) in [5.41, 5.74) is 0.947. The summed E-state index contributed by atoms with van der Waals surface area (Å²) in [6.07, 6.45) is -3.61. The molecule has 0 fully saturated rings. The number of aryl methyl sites for hydroxylation is 2. The molecular formula is C14H14BrF3N2O. The zero-order valence-electron chi connectivity index (χ0n) is 11.5. The van der Waals surface area contributed by atoms with Gasteiger partial charge in [0.05, 0.1) is 21.4 Å². The molecule has 1 aromatic carbocycles. The van der Waals surface area contributed by atoms with Crippen LogP contribution in [-0.2, 0) is 26.3 Å². The highest BCUT2D eigenvalue weighted by molar-refractivity contribution is 9.10. The number of benzene rings is 1. The van der Waals surface area contributed by atoms with Crippen molar-refractivity contribution in [3.05, 3.63) is 45.7 Å². The quantitative estimate of drug-likeness (QED) is 0.808. The fourth-order valence-electron chi connectivity index (χ4n) is 1.89. The summed E-state index contributed by atoms with van der Waals surface area (Å²) in [5.74, 6) is 0.177. The lowest BCUT2D eigenvalue weighted by molar-refractivity contribution is -0.137. The lowest BCUT2D eigenvalue weighted by atomic mass is 10.2. The molecule has 1 heterocycles. The minimum Gasteiger partial charge on any atom is -0.487 e. The van der Waals surface area contributed by atoms with E-state index in [0.29, 0.717) is 0 Å². The van der Waals surface area contributed by atoms with Crippen LogP contribution in [0.15, 0.2) is 28.7 Å². The number of hydrogen-bond donors (Lipinski definition) is 0. The molecule has 0 spiro atoms. The maximum absolute atomic E-state index is 12.6. The van der Waals surface area contributed by atoms with Crippen molar-refractivity contribution in [2.45, 2.75) is 26.1 Å². The highest BCUT2D eigenvalue weighted by Crippen LogP contribution is 2.31. The van der Waals surface area contributed by atoms with E-state index in [9.17, 15) is 13.2 Å². The molecule has 0 aliphatic heterocycles. The highest BCUT2D eigenvalue weighted by atomic mass is 79.9. The van der Waals surface area contributed by atoms with Gasteiger partial charge in [-0.2, -0.15) is 18.3 Å². The largest absolute Gasteiger partial charge is 0.487 e. The maximum atomic E-state index is 12.6. The topological polar surface area (TPSA) is 27.1 Å². The third kappa shape index (κ3) is 3.58. The van der Waals surface area contributed by atoms with Gasteiger partial charge in [0.1, 0.15) is 12.4 Å². The Balaban J connectivity index is 2.16. The summed E-state index contributed by atoms with van der Waals surface area (Å²) in [7, 11) is 1.77. The average Bonchev–Trinajstić information content (AvgIpc) is 2.70. The minimum atomic E-state index is -4.37. The van der Waals surface area contributed by atoms with Crippen molar-refractivity contribution in [2.24, 2.45) is 7.05 Å². The third-order valence-corrected chi connectivity index (χ3v) is 3.96. The van der Waals surface area contributed by atoms with Gasteiger partial charge in [0.25, 0.3) is 0 Å². The van der Waals surface area contributed by atoms with E-state index >= 15 is 0 Å². The Morgan fingerprint density at radius 3 is 2.62 bits per heavy atom.